The van der Waals surface area contributed by atoms with Crippen molar-refractivity contribution in [3.63, 3.8) is 0 Å². The van der Waals surface area contributed by atoms with Gasteiger partial charge in [-0.25, -0.2) is 8.42 Å². The SMILES string of the molecule is CN(C)C(=O)c1ccc2c(c1)CCN2S(=O)(=O)Cc1ccno1. The van der Waals surface area contributed by atoms with E-state index in [9.17, 15) is 13.2 Å². The molecule has 2 heterocycles. The van der Waals surface area contributed by atoms with E-state index in [2.05, 4.69) is 5.16 Å². The molecule has 0 radical (unpaired) electrons. The van der Waals surface area contributed by atoms with Gasteiger partial charge < -0.3 is 9.42 Å². The Morgan fingerprint density at radius 1 is 1.35 bits per heavy atom. The number of carbonyl (C=O) groups excluding carboxylic acids is 1. The zero-order chi connectivity index (χ0) is 16.6. The Labute approximate surface area is 134 Å². The lowest BCUT2D eigenvalue weighted by Crippen LogP contribution is -2.30. The standard InChI is InChI=1S/C15H17N3O4S/c1-17(2)15(19)12-3-4-14-11(9-12)6-8-18(14)23(20,21)10-13-5-7-16-22-13/h3-5,7,9H,6,8,10H2,1-2H3. The van der Waals surface area contributed by atoms with E-state index in [1.54, 1.807) is 32.3 Å². The number of anilines is 1. The zero-order valence-electron chi connectivity index (χ0n) is 12.9. The van der Waals surface area contributed by atoms with Crippen LogP contribution in [-0.2, 0) is 22.2 Å². The van der Waals surface area contributed by atoms with Gasteiger partial charge in [0.05, 0.1) is 11.9 Å². The fourth-order valence-electron chi connectivity index (χ4n) is 2.63. The van der Waals surface area contributed by atoms with Gasteiger partial charge in [-0.2, -0.15) is 0 Å². The van der Waals surface area contributed by atoms with Crippen LogP contribution in [0.3, 0.4) is 0 Å². The van der Waals surface area contributed by atoms with Crippen molar-refractivity contribution >= 4 is 21.6 Å². The summed E-state index contributed by atoms with van der Waals surface area (Å²) in [6.07, 6.45) is 2.00. The third-order valence-corrected chi connectivity index (χ3v) is 5.44. The number of nitrogens with zero attached hydrogens (tertiary/aromatic N) is 3. The largest absolute Gasteiger partial charge is 0.360 e. The average molecular weight is 335 g/mol. The maximum absolute atomic E-state index is 12.6. The molecule has 0 saturated carbocycles. The lowest BCUT2D eigenvalue weighted by Gasteiger charge is -2.19. The minimum absolute atomic E-state index is 0.101. The molecule has 1 aliphatic heterocycles. The highest BCUT2D eigenvalue weighted by Gasteiger charge is 2.31. The van der Waals surface area contributed by atoms with Gasteiger partial charge in [-0.1, -0.05) is 5.16 Å². The van der Waals surface area contributed by atoms with E-state index >= 15 is 0 Å². The number of hydrogen-bond donors (Lipinski definition) is 0. The fraction of sp³-hybridized carbons (Fsp3) is 0.333. The summed E-state index contributed by atoms with van der Waals surface area (Å²) in [6.45, 7) is 0.366. The molecule has 1 aromatic heterocycles. The Kier molecular flexibility index (Phi) is 3.85. The molecule has 3 rings (SSSR count). The first kappa shape index (κ1) is 15.5. The van der Waals surface area contributed by atoms with E-state index in [1.165, 1.54) is 21.5 Å². The quantitative estimate of drug-likeness (QED) is 0.840. The van der Waals surface area contributed by atoms with Crippen LogP contribution in [-0.4, -0.2) is 45.0 Å². The molecule has 0 N–H and O–H groups in total. The van der Waals surface area contributed by atoms with Gasteiger partial charge >= 0.3 is 0 Å². The maximum Gasteiger partial charge on any atom is 0.253 e. The molecule has 0 aliphatic carbocycles. The molecule has 0 atom stereocenters. The molecule has 23 heavy (non-hydrogen) atoms. The van der Waals surface area contributed by atoms with Gasteiger partial charge in [-0.3, -0.25) is 9.10 Å². The third-order valence-electron chi connectivity index (χ3n) is 3.74. The molecule has 0 unspecified atom stereocenters. The second-order valence-electron chi connectivity index (χ2n) is 5.60. The molecular formula is C15H17N3O4S. The molecule has 0 saturated heterocycles. The second-order valence-corrected chi connectivity index (χ2v) is 7.49. The number of hydrogen-bond acceptors (Lipinski definition) is 5. The lowest BCUT2D eigenvalue weighted by molar-refractivity contribution is 0.0827. The van der Waals surface area contributed by atoms with E-state index in [1.807, 2.05) is 0 Å². The Balaban J connectivity index is 1.88. The summed E-state index contributed by atoms with van der Waals surface area (Å²) in [6, 6.07) is 6.65. The first-order valence-electron chi connectivity index (χ1n) is 7.13. The van der Waals surface area contributed by atoms with Crippen LogP contribution >= 0.6 is 0 Å². The molecule has 0 spiro atoms. The fourth-order valence-corrected chi connectivity index (χ4v) is 4.14. The summed E-state index contributed by atoms with van der Waals surface area (Å²) in [5.74, 6) is -0.0289. The molecule has 2 aromatic rings. The number of amides is 1. The van der Waals surface area contributed by atoms with Crippen LogP contribution in [0.25, 0.3) is 0 Å². The van der Waals surface area contributed by atoms with Crippen LogP contribution < -0.4 is 4.31 Å². The molecule has 1 aliphatic rings. The van der Waals surface area contributed by atoms with Crippen molar-refractivity contribution < 1.29 is 17.7 Å². The second kappa shape index (κ2) is 5.69. The van der Waals surface area contributed by atoms with E-state index in [-0.39, 0.29) is 11.7 Å². The summed E-state index contributed by atoms with van der Waals surface area (Å²) in [7, 11) is -0.173. The smallest absolute Gasteiger partial charge is 0.253 e. The van der Waals surface area contributed by atoms with Crippen molar-refractivity contribution in [1.82, 2.24) is 10.1 Å². The number of rotatable bonds is 4. The van der Waals surface area contributed by atoms with Crippen LogP contribution in [0.4, 0.5) is 5.69 Å². The molecular weight excluding hydrogens is 318 g/mol. The van der Waals surface area contributed by atoms with E-state index < -0.39 is 10.0 Å². The Morgan fingerprint density at radius 3 is 2.78 bits per heavy atom. The van der Waals surface area contributed by atoms with Crippen LogP contribution in [0.5, 0.6) is 0 Å². The first-order valence-corrected chi connectivity index (χ1v) is 8.74. The van der Waals surface area contributed by atoms with Crippen LogP contribution in [0.2, 0.25) is 0 Å². The summed E-state index contributed by atoms with van der Waals surface area (Å²) in [4.78, 5) is 13.5. The highest BCUT2D eigenvalue weighted by molar-refractivity contribution is 7.92. The van der Waals surface area contributed by atoms with Gasteiger partial charge in [0, 0.05) is 32.3 Å². The van der Waals surface area contributed by atoms with Gasteiger partial charge in [-0.15, -0.1) is 0 Å². The van der Waals surface area contributed by atoms with Gasteiger partial charge in [0.2, 0.25) is 10.0 Å². The molecule has 0 bridgehead atoms. The van der Waals surface area contributed by atoms with Crippen molar-refractivity contribution in [2.45, 2.75) is 12.2 Å². The average Bonchev–Trinajstić information content (AvgIpc) is 3.14. The van der Waals surface area contributed by atoms with Gasteiger partial charge in [0.25, 0.3) is 5.91 Å². The predicted octanol–water partition coefficient (Wildman–Crippen LogP) is 1.27. The number of fused-ring (bicyclic) bond motifs is 1. The highest BCUT2D eigenvalue weighted by Crippen LogP contribution is 2.32. The summed E-state index contributed by atoms with van der Waals surface area (Å²) >= 11 is 0. The van der Waals surface area contributed by atoms with Gasteiger partial charge in [0.1, 0.15) is 5.75 Å². The number of benzene rings is 1. The van der Waals surface area contributed by atoms with Crippen molar-refractivity contribution in [2.24, 2.45) is 0 Å². The number of sulfonamides is 1. The lowest BCUT2D eigenvalue weighted by atomic mass is 10.1. The van der Waals surface area contributed by atoms with E-state index in [0.717, 1.165) is 5.56 Å². The minimum atomic E-state index is -3.54. The van der Waals surface area contributed by atoms with Gasteiger partial charge in [-0.05, 0) is 30.2 Å². The molecule has 7 nitrogen and oxygen atoms in total. The summed E-state index contributed by atoms with van der Waals surface area (Å²) < 4.78 is 31.4. The number of carbonyl (C=O) groups is 1. The molecule has 122 valence electrons. The predicted molar refractivity (Wildman–Crippen MR) is 84.6 cm³/mol. The van der Waals surface area contributed by atoms with Crippen molar-refractivity contribution in [1.29, 1.82) is 0 Å². The highest BCUT2D eigenvalue weighted by atomic mass is 32.2. The monoisotopic (exact) mass is 335 g/mol. The Bertz CT molecular complexity index is 828. The van der Waals surface area contributed by atoms with Gasteiger partial charge in [0.15, 0.2) is 5.76 Å². The molecule has 1 aromatic carbocycles. The van der Waals surface area contributed by atoms with Crippen molar-refractivity contribution in [3.05, 3.63) is 47.3 Å². The first-order chi connectivity index (χ1) is 10.9. The van der Waals surface area contributed by atoms with E-state index in [4.69, 9.17) is 4.52 Å². The Morgan fingerprint density at radius 2 is 2.13 bits per heavy atom. The summed E-state index contributed by atoms with van der Waals surface area (Å²) in [5.41, 5.74) is 2.04. The molecule has 1 amide bonds. The molecule has 0 fully saturated rings. The summed E-state index contributed by atoms with van der Waals surface area (Å²) in [5, 5.41) is 3.52. The van der Waals surface area contributed by atoms with Crippen molar-refractivity contribution in [3.8, 4) is 0 Å². The van der Waals surface area contributed by atoms with Crippen LogP contribution in [0, 0.1) is 0 Å². The normalized spacial score (nSPS) is 13.9. The molecule has 8 heteroatoms. The topological polar surface area (TPSA) is 83.7 Å². The minimum Gasteiger partial charge on any atom is -0.360 e. The third kappa shape index (κ3) is 2.94. The number of aromatic nitrogens is 1. The zero-order valence-corrected chi connectivity index (χ0v) is 13.7. The van der Waals surface area contributed by atoms with Crippen LogP contribution in [0.15, 0.2) is 35.0 Å². The Hall–Kier alpha value is -2.35. The maximum atomic E-state index is 12.6. The van der Waals surface area contributed by atoms with Crippen LogP contribution in [0.1, 0.15) is 21.7 Å². The van der Waals surface area contributed by atoms with Crippen molar-refractivity contribution in [2.75, 3.05) is 24.9 Å². The van der Waals surface area contributed by atoms with E-state index in [0.29, 0.717) is 30.0 Å².